The molecule has 4 N–H and O–H groups in total. The number of rotatable bonds is 4. The van der Waals surface area contributed by atoms with Gasteiger partial charge in [-0.15, -0.1) is 0 Å². The molecule has 7 heteroatoms. The lowest BCUT2D eigenvalue weighted by molar-refractivity contribution is 0.0976. The van der Waals surface area contributed by atoms with Crippen LogP contribution in [0.2, 0.25) is 0 Å². The molecule has 37 heavy (non-hydrogen) atoms. The van der Waals surface area contributed by atoms with Gasteiger partial charge in [-0.05, 0) is 76.3 Å². The molecule has 0 unspecified atom stereocenters. The van der Waals surface area contributed by atoms with Crippen LogP contribution in [0.3, 0.4) is 0 Å². The van der Waals surface area contributed by atoms with Crippen molar-refractivity contribution in [2.45, 2.75) is 18.9 Å². The number of amides is 1. The maximum Gasteiger partial charge on any atom is 0.256 e. The average Bonchev–Trinajstić information content (AvgIpc) is 2.89. The van der Waals surface area contributed by atoms with Crippen molar-refractivity contribution < 1.29 is 18.3 Å². The summed E-state index contributed by atoms with van der Waals surface area (Å²) < 4.78 is 33.8. The number of anilines is 1. The quantitative estimate of drug-likeness (QED) is 0.179. The third kappa shape index (κ3) is 4.49. The van der Waals surface area contributed by atoms with Gasteiger partial charge in [-0.3, -0.25) is 10.2 Å². The van der Waals surface area contributed by atoms with Crippen LogP contribution in [0.4, 0.5) is 14.5 Å². The molecule has 1 aliphatic rings. The smallest absolute Gasteiger partial charge is 0.256 e. The highest BCUT2D eigenvalue weighted by molar-refractivity contribution is 6.11. The molecule has 4 aromatic rings. The van der Waals surface area contributed by atoms with Crippen LogP contribution < -0.4 is 11.1 Å². The molecule has 0 heterocycles. The van der Waals surface area contributed by atoms with Gasteiger partial charge in [0.05, 0.1) is 0 Å². The molecule has 0 bridgehead atoms. The van der Waals surface area contributed by atoms with E-state index in [1.807, 2.05) is 37.3 Å². The van der Waals surface area contributed by atoms with Gasteiger partial charge in [-0.2, -0.15) is 0 Å². The van der Waals surface area contributed by atoms with Gasteiger partial charge < -0.3 is 15.8 Å². The number of methoxy groups -OCH3 is 1. The second-order valence-corrected chi connectivity index (χ2v) is 9.10. The second kappa shape index (κ2) is 9.59. The van der Waals surface area contributed by atoms with Crippen LogP contribution >= 0.6 is 0 Å². The number of halogens is 2. The Morgan fingerprint density at radius 1 is 0.865 bits per heavy atom. The predicted octanol–water partition coefficient (Wildman–Crippen LogP) is 6.17. The van der Waals surface area contributed by atoms with E-state index in [4.69, 9.17) is 15.9 Å². The van der Waals surface area contributed by atoms with Crippen LogP contribution in [-0.2, 0) is 4.74 Å². The first-order valence-corrected chi connectivity index (χ1v) is 11.8. The number of ether oxygens (including phenoxy) is 1. The molecule has 1 amide bonds. The summed E-state index contributed by atoms with van der Waals surface area (Å²) in [5, 5.41) is 10.9. The molecule has 0 aliphatic heterocycles. The van der Waals surface area contributed by atoms with E-state index in [1.54, 1.807) is 37.4 Å². The number of nitrogens with one attached hydrogen (secondary N) is 2. The molecule has 1 aliphatic carbocycles. The van der Waals surface area contributed by atoms with Crippen LogP contribution in [0.15, 0.2) is 78.9 Å². The lowest BCUT2D eigenvalue weighted by Gasteiger charge is -2.32. The van der Waals surface area contributed by atoms with Gasteiger partial charge in [0.2, 0.25) is 0 Å². The number of benzene rings is 4. The summed E-state index contributed by atoms with van der Waals surface area (Å²) >= 11 is 0. The minimum atomic E-state index is -0.630. The molecular weight excluding hydrogens is 472 g/mol. The van der Waals surface area contributed by atoms with Gasteiger partial charge in [-0.1, -0.05) is 31.2 Å². The summed E-state index contributed by atoms with van der Waals surface area (Å²) in [6.07, 6.45) is -0.362. The summed E-state index contributed by atoms with van der Waals surface area (Å²) in [7, 11) is 1.62. The van der Waals surface area contributed by atoms with Crippen molar-refractivity contribution in [2.24, 2.45) is 0 Å². The third-order valence-electron chi connectivity index (χ3n) is 6.85. The lowest BCUT2D eigenvalue weighted by atomic mass is 9.76. The fraction of sp³-hybridized carbons (Fsp3) is 0.133. The number of hydrogen-bond acceptors (Lipinski definition) is 4. The van der Waals surface area contributed by atoms with Gasteiger partial charge in [0.15, 0.2) is 0 Å². The standard InChI is InChI=1S/C30H25F2N3O2/c1-16-25-13-18(22-12-7-20(31)15-27(22)32)5-10-23(25)28(37-2)24-11-6-19(14-26(16)24)30(36)35-29(34)17-3-8-21(33)9-4-17/h3-16,28H,33H2,1-2H3,(H2,34,35,36)/t16-,28+/m1/s1. The minimum Gasteiger partial charge on any atom is -0.399 e. The number of hydrogen-bond donors (Lipinski definition) is 3. The molecular formula is C30H25F2N3O2. The molecule has 0 aromatic heterocycles. The van der Waals surface area contributed by atoms with E-state index in [2.05, 4.69) is 5.32 Å². The first kappa shape index (κ1) is 24.3. The first-order chi connectivity index (χ1) is 17.8. The second-order valence-electron chi connectivity index (χ2n) is 9.10. The molecule has 0 saturated heterocycles. The van der Waals surface area contributed by atoms with E-state index in [-0.39, 0.29) is 17.9 Å². The Labute approximate surface area is 213 Å². The Morgan fingerprint density at radius 2 is 1.51 bits per heavy atom. The van der Waals surface area contributed by atoms with Crippen molar-refractivity contribution in [3.63, 3.8) is 0 Å². The highest BCUT2D eigenvalue weighted by Gasteiger charge is 2.31. The highest BCUT2D eigenvalue weighted by Crippen LogP contribution is 2.45. The normalized spacial score (nSPS) is 16.0. The summed E-state index contributed by atoms with van der Waals surface area (Å²) in [6, 6.07) is 21.3. The highest BCUT2D eigenvalue weighted by atomic mass is 19.1. The first-order valence-electron chi connectivity index (χ1n) is 11.8. The van der Waals surface area contributed by atoms with Gasteiger partial charge in [0, 0.05) is 41.5 Å². The molecule has 5 nitrogen and oxygen atoms in total. The molecule has 4 aromatic carbocycles. The third-order valence-corrected chi connectivity index (χ3v) is 6.85. The zero-order valence-electron chi connectivity index (χ0n) is 20.3. The number of amidine groups is 1. The van der Waals surface area contributed by atoms with Gasteiger partial charge in [0.1, 0.15) is 23.6 Å². The van der Waals surface area contributed by atoms with Crippen molar-refractivity contribution in [3.8, 4) is 11.1 Å². The van der Waals surface area contributed by atoms with Crippen molar-refractivity contribution in [1.82, 2.24) is 5.32 Å². The Morgan fingerprint density at radius 3 is 2.19 bits per heavy atom. The fourth-order valence-electron chi connectivity index (χ4n) is 4.91. The Bertz CT molecular complexity index is 1530. The van der Waals surface area contributed by atoms with Gasteiger partial charge >= 0.3 is 0 Å². The summed E-state index contributed by atoms with van der Waals surface area (Å²) in [4.78, 5) is 13.0. The number of carbonyl (C=O) groups is 1. The van der Waals surface area contributed by atoms with Crippen molar-refractivity contribution in [2.75, 3.05) is 12.8 Å². The van der Waals surface area contributed by atoms with E-state index < -0.39 is 17.5 Å². The predicted molar refractivity (Wildman–Crippen MR) is 140 cm³/mol. The maximum atomic E-state index is 14.5. The number of fused-ring (bicyclic) bond motifs is 2. The van der Waals surface area contributed by atoms with E-state index in [9.17, 15) is 13.6 Å². The van der Waals surface area contributed by atoms with Gasteiger partial charge in [-0.25, -0.2) is 8.78 Å². The fourth-order valence-corrected chi connectivity index (χ4v) is 4.91. The number of carbonyl (C=O) groups excluding carboxylic acids is 1. The van der Waals surface area contributed by atoms with E-state index in [1.165, 1.54) is 12.1 Å². The average molecular weight is 498 g/mol. The van der Waals surface area contributed by atoms with Crippen molar-refractivity contribution >= 4 is 17.4 Å². The molecule has 0 saturated carbocycles. The van der Waals surface area contributed by atoms with Crippen molar-refractivity contribution in [3.05, 3.63) is 124 Å². The molecule has 0 radical (unpaired) electrons. The van der Waals surface area contributed by atoms with Crippen molar-refractivity contribution in [1.29, 1.82) is 5.41 Å². The van der Waals surface area contributed by atoms with Crippen LogP contribution in [-0.4, -0.2) is 18.9 Å². The Balaban J connectivity index is 1.48. The Hall–Kier alpha value is -4.36. The van der Waals surface area contributed by atoms with Crippen LogP contribution in [0.1, 0.15) is 57.1 Å². The minimum absolute atomic E-state index is 0.0261. The van der Waals surface area contributed by atoms with Crippen LogP contribution in [0.25, 0.3) is 11.1 Å². The Kier molecular flexibility index (Phi) is 6.31. The zero-order chi connectivity index (χ0) is 26.3. The molecule has 186 valence electrons. The van der Waals surface area contributed by atoms with Crippen LogP contribution in [0, 0.1) is 17.0 Å². The molecule has 2 atom stereocenters. The molecule has 5 rings (SSSR count). The largest absolute Gasteiger partial charge is 0.399 e. The summed E-state index contributed by atoms with van der Waals surface area (Å²) in [5.41, 5.74) is 11.9. The van der Waals surface area contributed by atoms with E-state index in [0.717, 1.165) is 28.3 Å². The number of nitrogen functional groups attached to an aromatic ring is 1. The summed E-state index contributed by atoms with van der Waals surface area (Å²) in [6.45, 7) is 2.02. The SMILES string of the molecule is CO[C@@H]1c2ccc(C(=O)NC(=N)c3ccc(N)cc3)cc2[C@H](C)c2cc(-c3ccc(F)cc3F)ccc21. The monoisotopic (exact) mass is 497 g/mol. The summed E-state index contributed by atoms with van der Waals surface area (Å²) in [5.74, 6) is -1.81. The van der Waals surface area contributed by atoms with Gasteiger partial charge in [0.25, 0.3) is 5.91 Å². The molecule has 0 fully saturated rings. The maximum absolute atomic E-state index is 14.5. The van der Waals surface area contributed by atoms with E-state index in [0.29, 0.717) is 27.9 Å². The topological polar surface area (TPSA) is 88.2 Å². The van der Waals surface area contributed by atoms with Crippen LogP contribution in [0.5, 0.6) is 0 Å². The van der Waals surface area contributed by atoms with E-state index >= 15 is 0 Å². The zero-order valence-corrected chi connectivity index (χ0v) is 20.3. The molecule has 0 spiro atoms. The number of nitrogens with two attached hydrogens (primary N) is 1. The lowest BCUT2D eigenvalue weighted by Crippen LogP contribution is -2.31.